The zero-order valence-corrected chi connectivity index (χ0v) is 21.5. The highest BCUT2D eigenvalue weighted by Crippen LogP contribution is 2.46. The van der Waals surface area contributed by atoms with Gasteiger partial charge in [-0.1, -0.05) is 54.6 Å². The predicted molar refractivity (Wildman–Crippen MR) is 145 cm³/mol. The number of carbonyl (C=O) groups excluding carboxylic acids is 1. The van der Waals surface area contributed by atoms with Crippen LogP contribution in [-0.4, -0.2) is 40.6 Å². The number of benzene rings is 4. The number of phenolic OH excluding ortho intramolecular Hbond substituents is 2. The van der Waals surface area contributed by atoms with Gasteiger partial charge < -0.3 is 20.2 Å². The second kappa shape index (κ2) is 10.5. The van der Waals surface area contributed by atoms with Gasteiger partial charge in [0.15, 0.2) is 15.1 Å². The number of aliphatic hydroxyl groups is 1. The van der Waals surface area contributed by atoms with Crippen molar-refractivity contribution in [3.05, 3.63) is 114 Å². The Balaban J connectivity index is 1.46. The van der Waals surface area contributed by atoms with E-state index in [2.05, 4.69) is 0 Å². The molecule has 7 nitrogen and oxygen atoms in total. The van der Waals surface area contributed by atoms with E-state index in [1.54, 1.807) is 54.6 Å². The molecule has 0 saturated carbocycles. The van der Waals surface area contributed by atoms with Crippen LogP contribution in [0.15, 0.2) is 97.1 Å². The lowest BCUT2D eigenvalue weighted by Crippen LogP contribution is -2.62. The summed E-state index contributed by atoms with van der Waals surface area (Å²) in [6.45, 7) is 0. The summed E-state index contributed by atoms with van der Waals surface area (Å²) < 4.78 is 40.2. The summed E-state index contributed by atoms with van der Waals surface area (Å²) in [6.07, 6.45) is -1.34. The number of aliphatic hydroxyl groups excluding tert-OH is 1. The number of aromatic hydroxyl groups is 2. The first kappa shape index (κ1) is 26.4. The fourth-order valence-corrected chi connectivity index (χ4v) is 6.79. The minimum absolute atomic E-state index is 0.0601. The average Bonchev–Trinajstić information content (AvgIpc) is 2.91. The van der Waals surface area contributed by atoms with Crippen LogP contribution < -0.4 is 4.90 Å². The number of amides is 1. The maximum Gasteiger partial charge on any atom is 0.248 e. The van der Waals surface area contributed by atoms with Gasteiger partial charge in [0.05, 0.1) is 17.9 Å². The SMILES string of the molecule is O=C1C(S(=O)(=O)CCC(O)c2ccc(F)cc2)C(c2ccc(-c3cccc(O)c3)cc2O)N1c1ccccc1. The molecule has 5 rings (SSSR count). The van der Waals surface area contributed by atoms with E-state index < -0.39 is 44.7 Å². The quantitative estimate of drug-likeness (QED) is 0.271. The molecule has 0 spiro atoms. The third kappa shape index (κ3) is 5.23. The summed E-state index contributed by atoms with van der Waals surface area (Å²) in [5.41, 5.74) is 2.37. The molecular weight excluding hydrogens is 521 g/mol. The molecule has 0 radical (unpaired) electrons. The summed E-state index contributed by atoms with van der Waals surface area (Å²) in [4.78, 5) is 14.7. The Bertz CT molecular complexity index is 1610. The van der Waals surface area contributed by atoms with Crippen LogP contribution in [0.2, 0.25) is 0 Å². The molecule has 1 saturated heterocycles. The van der Waals surface area contributed by atoms with Crippen LogP contribution in [0.1, 0.15) is 29.7 Å². The van der Waals surface area contributed by atoms with Gasteiger partial charge in [-0.3, -0.25) is 4.79 Å². The standard InChI is InChI=1S/C30H26FNO6S/c31-22-12-9-19(10-13-22)26(34)15-16-39(37,38)29-28(32(30(29)36)23-6-2-1-3-7-23)25-14-11-21(18-27(25)35)20-5-4-8-24(33)17-20/h1-14,17-18,26,28-29,33-35H,15-16H2. The van der Waals surface area contributed by atoms with E-state index in [9.17, 15) is 32.9 Å². The molecule has 4 aromatic carbocycles. The fourth-order valence-electron chi connectivity index (χ4n) is 4.90. The number of anilines is 1. The number of β-lactam (4-membered cyclic amide) rings is 1. The summed E-state index contributed by atoms with van der Waals surface area (Å²) in [5.74, 6) is -1.72. The van der Waals surface area contributed by atoms with E-state index in [-0.39, 0.29) is 23.5 Å². The van der Waals surface area contributed by atoms with Crippen LogP contribution in [0.3, 0.4) is 0 Å². The highest BCUT2D eigenvalue weighted by Gasteiger charge is 2.56. The maximum absolute atomic E-state index is 13.5. The summed E-state index contributed by atoms with van der Waals surface area (Å²) in [6, 6.07) is 24.0. The molecule has 1 amide bonds. The number of hydrogen-bond donors (Lipinski definition) is 3. The largest absolute Gasteiger partial charge is 0.508 e. The summed E-state index contributed by atoms with van der Waals surface area (Å²) in [5, 5.41) is 29.9. The van der Waals surface area contributed by atoms with Gasteiger partial charge in [0.2, 0.25) is 5.91 Å². The summed E-state index contributed by atoms with van der Waals surface area (Å²) in [7, 11) is -4.08. The van der Waals surface area contributed by atoms with Crippen molar-refractivity contribution in [2.45, 2.75) is 23.8 Å². The van der Waals surface area contributed by atoms with Gasteiger partial charge in [-0.05, 0) is 65.6 Å². The first-order valence-corrected chi connectivity index (χ1v) is 14.0. The molecule has 0 aromatic heterocycles. The molecule has 0 aliphatic carbocycles. The van der Waals surface area contributed by atoms with Crippen molar-refractivity contribution in [3.8, 4) is 22.6 Å². The second-order valence-electron chi connectivity index (χ2n) is 9.46. The van der Waals surface area contributed by atoms with Crippen LogP contribution >= 0.6 is 0 Å². The molecule has 4 aromatic rings. The van der Waals surface area contributed by atoms with Gasteiger partial charge in [-0.25, -0.2) is 12.8 Å². The van der Waals surface area contributed by atoms with E-state index in [1.807, 2.05) is 0 Å². The van der Waals surface area contributed by atoms with Crippen molar-refractivity contribution in [1.82, 2.24) is 0 Å². The van der Waals surface area contributed by atoms with E-state index in [0.717, 1.165) is 0 Å². The van der Waals surface area contributed by atoms with Crippen molar-refractivity contribution in [3.63, 3.8) is 0 Å². The topological polar surface area (TPSA) is 115 Å². The van der Waals surface area contributed by atoms with Crippen molar-refractivity contribution in [1.29, 1.82) is 0 Å². The van der Waals surface area contributed by atoms with Crippen molar-refractivity contribution >= 4 is 21.4 Å². The van der Waals surface area contributed by atoms with Crippen molar-refractivity contribution < 1.29 is 32.9 Å². The van der Waals surface area contributed by atoms with E-state index in [0.29, 0.717) is 22.4 Å². The Hall–Kier alpha value is -4.21. The normalized spacial score (nSPS) is 18.0. The number of nitrogens with zero attached hydrogens (tertiary/aromatic N) is 1. The first-order valence-electron chi connectivity index (χ1n) is 12.3. The van der Waals surface area contributed by atoms with E-state index >= 15 is 0 Å². The molecule has 200 valence electrons. The Kier molecular flexibility index (Phi) is 7.12. The van der Waals surface area contributed by atoms with Crippen LogP contribution in [0.25, 0.3) is 11.1 Å². The van der Waals surface area contributed by atoms with Crippen LogP contribution in [0.4, 0.5) is 10.1 Å². The summed E-state index contributed by atoms with van der Waals surface area (Å²) >= 11 is 0. The fraction of sp³-hybridized carbons (Fsp3) is 0.167. The third-order valence-corrected chi connectivity index (χ3v) is 8.96. The van der Waals surface area contributed by atoms with Crippen molar-refractivity contribution in [2.75, 3.05) is 10.7 Å². The highest BCUT2D eigenvalue weighted by molar-refractivity contribution is 7.93. The number of halogens is 1. The minimum atomic E-state index is -4.08. The highest BCUT2D eigenvalue weighted by atomic mass is 32.2. The molecule has 39 heavy (non-hydrogen) atoms. The number of carbonyl (C=O) groups is 1. The van der Waals surface area contributed by atoms with E-state index in [4.69, 9.17) is 0 Å². The van der Waals surface area contributed by atoms with Gasteiger partial charge in [0.1, 0.15) is 17.3 Å². The Morgan fingerprint density at radius 3 is 2.21 bits per heavy atom. The smallest absolute Gasteiger partial charge is 0.248 e. The Morgan fingerprint density at radius 2 is 1.54 bits per heavy atom. The van der Waals surface area contributed by atoms with Gasteiger partial charge in [-0.2, -0.15) is 0 Å². The number of hydrogen-bond acceptors (Lipinski definition) is 6. The molecule has 3 atom stereocenters. The number of para-hydroxylation sites is 1. The molecular formula is C30H26FNO6S. The number of sulfone groups is 1. The molecule has 1 heterocycles. The van der Waals surface area contributed by atoms with Gasteiger partial charge in [0, 0.05) is 11.3 Å². The zero-order chi connectivity index (χ0) is 27.7. The van der Waals surface area contributed by atoms with Crippen LogP contribution in [-0.2, 0) is 14.6 Å². The Morgan fingerprint density at radius 1 is 0.846 bits per heavy atom. The van der Waals surface area contributed by atoms with Crippen LogP contribution in [0, 0.1) is 5.82 Å². The molecule has 3 unspecified atom stereocenters. The lowest BCUT2D eigenvalue weighted by atomic mass is 9.90. The lowest BCUT2D eigenvalue weighted by molar-refractivity contribution is -0.123. The lowest BCUT2D eigenvalue weighted by Gasteiger charge is -2.46. The zero-order valence-electron chi connectivity index (χ0n) is 20.7. The molecule has 1 aliphatic heterocycles. The average molecular weight is 548 g/mol. The first-order chi connectivity index (χ1) is 18.7. The number of rotatable bonds is 8. The maximum atomic E-state index is 13.5. The van der Waals surface area contributed by atoms with Crippen molar-refractivity contribution in [2.24, 2.45) is 0 Å². The Labute approximate surface area is 225 Å². The van der Waals surface area contributed by atoms with Gasteiger partial charge in [-0.15, -0.1) is 0 Å². The molecule has 1 fully saturated rings. The van der Waals surface area contributed by atoms with Gasteiger partial charge in [0.25, 0.3) is 0 Å². The van der Waals surface area contributed by atoms with Gasteiger partial charge >= 0.3 is 0 Å². The molecule has 0 bridgehead atoms. The second-order valence-corrected chi connectivity index (χ2v) is 11.7. The molecule has 3 N–H and O–H groups in total. The minimum Gasteiger partial charge on any atom is -0.508 e. The third-order valence-electron chi connectivity index (χ3n) is 6.93. The number of phenols is 2. The van der Waals surface area contributed by atoms with Crippen LogP contribution in [0.5, 0.6) is 11.5 Å². The molecule has 9 heteroatoms. The monoisotopic (exact) mass is 547 g/mol. The predicted octanol–water partition coefficient (Wildman–Crippen LogP) is 4.90. The molecule has 1 aliphatic rings. The van der Waals surface area contributed by atoms with E-state index in [1.165, 1.54) is 47.4 Å².